The third kappa shape index (κ3) is 2.34. The normalized spacial score (nSPS) is 21.6. The summed E-state index contributed by atoms with van der Waals surface area (Å²) in [5.74, 6) is -0.0478. The molecule has 2 heterocycles. The molecule has 0 fully saturated rings. The van der Waals surface area contributed by atoms with Crippen molar-refractivity contribution in [2.24, 2.45) is 10.7 Å². The summed E-state index contributed by atoms with van der Waals surface area (Å²) < 4.78 is 19.5. The lowest BCUT2D eigenvalue weighted by Gasteiger charge is -2.27. The summed E-state index contributed by atoms with van der Waals surface area (Å²) in [5, 5.41) is 0.409. The van der Waals surface area contributed by atoms with Crippen molar-refractivity contribution in [3.05, 3.63) is 62.3 Å². The Hall–Kier alpha value is -2.12. The lowest BCUT2D eigenvalue weighted by Crippen LogP contribution is -2.41. The van der Waals surface area contributed by atoms with Crippen LogP contribution in [0.25, 0.3) is 0 Å². The largest absolute Gasteiger partial charge is 0.491 e. The average Bonchev–Trinajstić information content (AvgIpc) is 3.17. The van der Waals surface area contributed by atoms with Gasteiger partial charge in [0, 0.05) is 13.5 Å². The number of carbonyl (C=O) groups is 1. The van der Waals surface area contributed by atoms with Gasteiger partial charge in [-0.15, -0.1) is 0 Å². The number of fused-ring (bicyclic) bond motifs is 1. The van der Waals surface area contributed by atoms with Crippen LogP contribution in [0.4, 0.5) is 4.39 Å². The van der Waals surface area contributed by atoms with Gasteiger partial charge in [-0.3, -0.25) is 9.69 Å². The Kier molecular flexibility index (Phi) is 3.96. The highest BCUT2D eigenvalue weighted by Gasteiger charge is 2.50. The highest BCUT2D eigenvalue weighted by Crippen LogP contribution is 2.44. The van der Waals surface area contributed by atoms with E-state index in [4.69, 9.17) is 22.1 Å². The summed E-state index contributed by atoms with van der Waals surface area (Å²) in [6, 6.07) is 7.89. The first kappa shape index (κ1) is 17.3. The van der Waals surface area contributed by atoms with Gasteiger partial charge in [-0.1, -0.05) is 17.7 Å². The molecule has 2 N–H and O–H groups in total. The lowest BCUT2D eigenvalue weighted by molar-refractivity contribution is -0.129. The van der Waals surface area contributed by atoms with Crippen molar-refractivity contribution in [3.63, 3.8) is 0 Å². The molecule has 0 aromatic heterocycles. The monoisotopic (exact) mass is 437 g/mol. The number of ether oxygens (including phenoxy) is 1. The smallest absolute Gasteiger partial charge is 0.266 e. The van der Waals surface area contributed by atoms with Gasteiger partial charge in [-0.25, -0.2) is 9.38 Å². The number of carbonyl (C=O) groups excluding carboxylic acids is 1. The molecule has 2 aliphatic heterocycles. The number of halogens is 3. The Morgan fingerprint density at radius 1 is 1.35 bits per heavy atom. The Balaban J connectivity index is 2.01. The van der Waals surface area contributed by atoms with Crippen LogP contribution >= 0.6 is 27.5 Å². The highest BCUT2D eigenvalue weighted by atomic mass is 79.9. The van der Waals surface area contributed by atoms with Gasteiger partial charge in [0.25, 0.3) is 5.91 Å². The molecule has 134 valence electrons. The fraction of sp³-hybridized carbons (Fsp3) is 0.222. The van der Waals surface area contributed by atoms with Gasteiger partial charge >= 0.3 is 0 Å². The van der Waals surface area contributed by atoms with Gasteiger partial charge in [-0.2, -0.15) is 0 Å². The Morgan fingerprint density at radius 2 is 2.12 bits per heavy atom. The van der Waals surface area contributed by atoms with Crippen molar-refractivity contribution < 1.29 is 13.9 Å². The first-order valence-electron chi connectivity index (χ1n) is 7.89. The molecule has 0 bridgehead atoms. The van der Waals surface area contributed by atoms with E-state index in [0.717, 1.165) is 5.56 Å². The van der Waals surface area contributed by atoms with Crippen LogP contribution in [-0.2, 0) is 16.8 Å². The number of guanidine groups is 1. The molecule has 1 unspecified atom stereocenters. The zero-order valence-electron chi connectivity index (χ0n) is 13.7. The number of benzene rings is 2. The zero-order chi connectivity index (χ0) is 18.6. The van der Waals surface area contributed by atoms with Crippen LogP contribution < -0.4 is 10.5 Å². The van der Waals surface area contributed by atoms with E-state index in [9.17, 15) is 9.18 Å². The Labute approximate surface area is 162 Å². The highest BCUT2D eigenvalue weighted by molar-refractivity contribution is 9.10. The number of hydrogen-bond acceptors (Lipinski definition) is 4. The molecule has 0 radical (unpaired) electrons. The van der Waals surface area contributed by atoms with Gasteiger partial charge in [-0.05, 0) is 56.9 Å². The number of aliphatic imine (C=N–C) groups is 1. The molecule has 0 saturated carbocycles. The number of nitrogens with zero attached hydrogens (tertiary/aromatic N) is 2. The van der Waals surface area contributed by atoms with Crippen molar-refractivity contribution in [2.75, 3.05) is 13.7 Å². The van der Waals surface area contributed by atoms with E-state index in [1.54, 1.807) is 19.2 Å². The fourth-order valence-electron chi connectivity index (χ4n) is 3.37. The molecule has 1 atom stereocenters. The molecule has 0 aliphatic carbocycles. The molecule has 26 heavy (non-hydrogen) atoms. The SMILES string of the molecule is CN1C(=O)C(c2ccc(F)c(Br)c2)(c2cc(Cl)c3c(c2)CCO3)N=C1N. The zero-order valence-corrected chi connectivity index (χ0v) is 16.1. The molecule has 1 amide bonds. The maximum Gasteiger partial charge on any atom is 0.266 e. The van der Waals surface area contributed by atoms with Crippen molar-refractivity contribution in [1.82, 2.24) is 4.90 Å². The molecular weight excluding hydrogens is 425 g/mol. The van der Waals surface area contributed by atoms with Crippen molar-refractivity contribution in [2.45, 2.75) is 12.0 Å². The third-order valence-corrected chi connectivity index (χ3v) is 5.62. The number of likely N-dealkylation sites (N-methyl/N-ethyl adjacent to an activating group) is 1. The van der Waals surface area contributed by atoms with Gasteiger partial charge in [0.15, 0.2) is 11.5 Å². The van der Waals surface area contributed by atoms with Crippen molar-refractivity contribution in [1.29, 1.82) is 0 Å². The quantitative estimate of drug-likeness (QED) is 0.783. The minimum atomic E-state index is -1.42. The van der Waals surface area contributed by atoms with Gasteiger partial charge in [0.2, 0.25) is 0 Å². The van der Waals surface area contributed by atoms with Crippen LogP contribution in [-0.4, -0.2) is 30.4 Å². The first-order chi connectivity index (χ1) is 12.3. The summed E-state index contributed by atoms with van der Waals surface area (Å²) >= 11 is 9.56. The molecule has 8 heteroatoms. The molecule has 0 saturated heterocycles. The summed E-state index contributed by atoms with van der Waals surface area (Å²) in [6.45, 7) is 0.535. The summed E-state index contributed by atoms with van der Waals surface area (Å²) in [6.07, 6.45) is 0.690. The predicted molar refractivity (Wildman–Crippen MR) is 99.9 cm³/mol. The molecule has 5 nitrogen and oxygen atoms in total. The second kappa shape index (κ2) is 5.96. The van der Waals surface area contributed by atoms with E-state index in [2.05, 4.69) is 20.9 Å². The molecule has 2 aromatic rings. The number of amides is 1. The standard InChI is InChI=1S/C18H14BrClFN3O2/c1-24-16(25)18(23-17(24)22,10-2-3-14(21)12(19)7-10)11-6-9-4-5-26-15(9)13(20)8-11/h2-3,6-8H,4-5H2,1H3,(H2,22,23). The predicted octanol–water partition coefficient (Wildman–Crippen LogP) is 3.21. The number of nitrogens with two attached hydrogens (primary N) is 1. The van der Waals surface area contributed by atoms with Crippen LogP contribution in [0.2, 0.25) is 5.02 Å². The number of rotatable bonds is 2. The average molecular weight is 439 g/mol. The molecule has 4 rings (SSSR count). The third-order valence-electron chi connectivity index (χ3n) is 4.73. The maximum atomic E-state index is 13.8. The topological polar surface area (TPSA) is 67.9 Å². The summed E-state index contributed by atoms with van der Waals surface area (Å²) in [7, 11) is 1.56. The van der Waals surface area contributed by atoms with E-state index in [0.29, 0.717) is 34.9 Å². The van der Waals surface area contributed by atoms with Crippen LogP contribution in [0.5, 0.6) is 5.75 Å². The number of hydrogen-bond donors (Lipinski definition) is 1. The van der Waals surface area contributed by atoms with Gasteiger partial charge < -0.3 is 10.5 Å². The molecule has 2 aromatic carbocycles. The molecule has 0 spiro atoms. The fourth-order valence-corrected chi connectivity index (χ4v) is 4.05. The van der Waals surface area contributed by atoms with E-state index in [1.807, 2.05) is 6.07 Å². The van der Waals surface area contributed by atoms with Crippen molar-refractivity contribution in [3.8, 4) is 5.75 Å². The van der Waals surface area contributed by atoms with Gasteiger partial charge in [0.1, 0.15) is 11.6 Å². The second-order valence-corrected chi connectivity index (χ2v) is 7.48. The molecule has 2 aliphatic rings. The summed E-state index contributed by atoms with van der Waals surface area (Å²) in [4.78, 5) is 19.0. The Morgan fingerprint density at radius 3 is 2.77 bits per heavy atom. The minimum Gasteiger partial charge on any atom is -0.491 e. The van der Waals surface area contributed by atoms with Crippen LogP contribution in [0.1, 0.15) is 16.7 Å². The van der Waals surface area contributed by atoms with E-state index < -0.39 is 11.4 Å². The Bertz CT molecular complexity index is 981. The van der Waals surface area contributed by atoms with Gasteiger partial charge in [0.05, 0.1) is 16.1 Å². The first-order valence-corrected chi connectivity index (χ1v) is 9.06. The summed E-state index contributed by atoms with van der Waals surface area (Å²) in [5.41, 5.74) is 6.51. The maximum absolute atomic E-state index is 13.8. The molecular formula is C18H14BrClFN3O2. The van der Waals surface area contributed by atoms with Crippen molar-refractivity contribution >= 4 is 39.4 Å². The van der Waals surface area contributed by atoms with Crippen LogP contribution in [0, 0.1) is 5.82 Å². The van der Waals surface area contributed by atoms with E-state index in [1.165, 1.54) is 17.0 Å². The minimum absolute atomic E-state index is 0.0864. The van der Waals surface area contributed by atoms with Crippen LogP contribution in [0.15, 0.2) is 39.8 Å². The second-order valence-electron chi connectivity index (χ2n) is 6.22. The lowest BCUT2D eigenvalue weighted by atomic mass is 9.82. The van der Waals surface area contributed by atoms with E-state index >= 15 is 0 Å². The van der Waals surface area contributed by atoms with Crippen LogP contribution in [0.3, 0.4) is 0 Å². The van der Waals surface area contributed by atoms with E-state index in [-0.39, 0.29) is 16.3 Å².